The minimum Gasteiger partial charge on any atom is -0.324 e. The molecule has 0 radical (unpaired) electrons. The van der Waals surface area contributed by atoms with Crippen molar-refractivity contribution in [3.63, 3.8) is 0 Å². The first-order valence-corrected chi connectivity index (χ1v) is 10.5. The number of amides is 2. The number of halogens is 2. The zero-order valence-electron chi connectivity index (χ0n) is 15.5. The van der Waals surface area contributed by atoms with E-state index in [4.69, 9.17) is 11.6 Å². The number of imide groups is 1. The van der Waals surface area contributed by atoms with Gasteiger partial charge in [-0.1, -0.05) is 57.9 Å². The summed E-state index contributed by atoms with van der Waals surface area (Å²) < 4.78 is 2.62. The Labute approximate surface area is 185 Å². The van der Waals surface area contributed by atoms with Crippen LogP contribution in [0.3, 0.4) is 0 Å². The predicted molar refractivity (Wildman–Crippen MR) is 117 cm³/mol. The van der Waals surface area contributed by atoms with Gasteiger partial charge < -0.3 is 5.32 Å². The minimum atomic E-state index is -0.359. The summed E-state index contributed by atoms with van der Waals surface area (Å²) in [6.45, 7) is 0. The van der Waals surface area contributed by atoms with Crippen LogP contribution in [0.4, 0.5) is 11.9 Å². The molecule has 1 aromatic heterocycles. The van der Waals surface area contributed by atoms with Crippen molar-refractivity contribution in [3.05, 3.63) is 75.2 Å². The molecular weight excluding hydrogens is 470 g/mol. The van der Waals surface area contributed by atoms with E-state index < -0.39 is 0 Å². The van der Waals surface area contributed by atoms with Crippen LogP contribution in [0.15, 0.2) is 59.1 Å². The molecule has 2 aromatic carbocycles. The summed E-state index contributed by atoms with van der Waals surface area (Å²) in [5.74, 6) is -0.0768. The predicted octanol–water partition coefficient (Wildman–Crippen LogP) is 4.40. The highest BCUT2D eigenvalue weighted by molar-refractivity contribution is 9.10. The third-order valence-electron chi connectivity index (χ3n) is 5.09. The summed E-state index contributed by atoms with van der Waals surface area (Å²) in [7, 11) is 0. The number of anilines is 2. The number of carbonyl (C=O) groups is 2. The van der Waals surface area contributed by atoms with E-state index in [1.54, 1.807) is 4.68 Å². The van der Waals surface area contributed by atoms with Gasteiger partial charge in [0.2, 0.25) is 17.8 Å². The molecular formula is C21H15BrClN5O2. The van der Waals surface area contributed by atoms with E-state index in [2.05, 4.69) is 31.3 Å². The Bertz CT molecular complexity index is 1190. The summed E-state index contributed by atoms with van der Waals surface area (Å²) in [5, 5.41) is 8.35. The average molecular weight is 485 g/mol. The lowest BCUT2D eigenvalue weighted by molar-refractivity contribution is -0.121. The van der Waals surface area contributed by atoms with Crippen LogP contribution in [-0.4, -0.2) is 26.6 Å². The van der Waals surface area contributed by atoms with Crippen LogP contribution in [0.2, 0.25) is 5.02 Å². The molecule has 0 unspecified atom stereocenters. The number of hydrogen-bond donors (Lipinski definition) is 1. The van der Waals surface area contributed by atoms with Crippen LogP contribution < -0.4 is 10.2 Å². The molecule has 1 fully saturated rings. The number of aromatic nitrogens is 3. The summed E-state index contributed by atoms with van der Waals surface area (Å²) >= 11 is 9.94. The summed E-state index contributed by atoms with van der Waals surface area (Å²) in [4.78, 5) is 29.9. The molecule has 150 valence electrons. The highest BCUT2D eigenvalue weighted by Crippen LogP contribution is 2.37. The number of rotatable bonds is 3. The number of carbonyl (C=O) groups excluding carboxylic acids is 2. The highest BCUT2D eigenvalue weighted by Gasteiger charge is 2.36. The summed E-state index contributed by atoms with van der Waals surface area (Å²) in [5.41, 5.74) is 2.63. The molecule has 9 heteroatoms. The average Bonchev–Trinajstić information content (AvgIpc) is 3.30. The van der Waals surface area contributed by atoms with E-state index in [0.29, 0.717) is 11.0 Å². The first-order chi connectivity index (χ1) is 14.5. The van der Waals surface area contributed by atoms with Crippen LogP contribution in [0.5, 0.6) is 0 Å². The fourth-order valence-electron chi connectivity index (χ4n) is 3.61. The SMILES string of the molecule is O=C1CCC(=O)N1c1nc2n(n1)[C@H](c1ccccc1Cl)C=C(c1ccc(Br)cc1)N2. The van der Waals surface area contributed by atoms with Crippen LogP contribution in [0.25, 0.3) is 5.70 Å². The van der Waals surface area contributed by atoms with Crippen molar-refractivity contribution in [1.82, 2.24) is 14.8 Å². The highest BCUT2D eigenvalue weighted by atomic mass is 79.9. The Morgan fingerprint density at radius 1 is 1.03 bits per heavy atom. The Balaban J connectivity index is 1.63. The number of fused-ring (bicyclic) bond motifs is 1. The Hall–Kier alpha value is -2.97. The second-order valence-corrected chi connectivity index (χ2v) is 8.30. The molecule has 2 aliphatic heterocycles. The van der Waals surface area contributed by atoms with Gasteiger partial charge in [0.15, 0.2) is 0 Å². The van der Waals surface area contributed by atoms with Gasteiger partial charge in [0, 0.05) is 28.0 Å². The molecule has 0 aliphatic carbocycles. The lowest BCUT2D eigenvalue weighted by Crippen LogP contribution is -2.29. The minimum absolute atomic E-state index is 0.0764. The molecule has 1 saturated heterocycles. The normalized spacial score (nSPS) is 18.3. The van der Waals surface area contributed by atoms with Gasteiger partial charge in [-0.05, 0) is 35.4 Å². The maximum Gasteiger partial charge on any atom is 0.260 e. The van der Waals surface area contributed by atoms with E-state index in [1.165, 1.54) is 0 Å². The molecule has 0 saturated carbocycles. The lowest BCUT2D eigenvalue weighted by Gasteiger charge is -2.25. The van der Waals surface area contributed by atoms with Gasteiger partial charge in [-0.25, -0.2) is 9.58 Å². The molecule has 1 N–H and O–H groups in total. The molecule has 0 spiro atoms. The molecule has 2 amide bonds. The van der Waals surface area contributed by atoms with Gasteiger partial charge in [-0.2, -0.15) is 4.98 Å². The number of nitrogens with zero attached hydrogens (tertiary/aromatic N) is 4. The van der Waals surface area contributed by atoms with Crippen LogP contribution in [0.1, 0.15) is 30.0 Å². The topological polar surface area (TPSA) is 80.1 Å². The summed E-state index contributed by atoms with van der Waals surface area (Å²) in [6, 6.07) is 15.0. The molecule has 7 nitrogen and oxygen atoms in total. The van der Waals surface area contributed by atoms with E-state index in [-0.39, 0.29) is 36.6 Å². The zero-order chi connectivity index (χ0) is 20.8. The van der Waals surface area contributed by atoms with Gasteiger partial charge >= 0.3 is 0 Å². The zero-order valence-corrected chi connectivity index (χ0v) is 17.9. The second-order valence-electron chi connectivity index (χ2n) is 6.98. The van der Waals surface area contributed by atoms with Crippen molar-refractivity contribution < 1.29 is 9.59 Å². The molecule has 0 bridgehead atoms. The molecule has 5 rings (SSSR count). The first-order valence-electron chi connectivity index (χ1n) is 9.33. The fraction of sp³-hybridized carbons (Fsp3) is 0.143. The van der Waals surface area contributed by atoms with Crippen LogP contribution in [-0.2, 0) is 9.59 Å². The smallest absolute Gasteiger partial charge is 0.260 e. The molecule has 2 aliphatic rings. The number of allylic oxidation sites excluding steroid dienone is 1. The van der Waals surface area contributed by atoms with Crippen molar-refractivity contribution in [2.75, 3.05) is 10.2 Å². The van der Waals surface area contributed by atoms with Crippen molar-refractivity contribution in [1.29, 1.82) is 0 Å². The molecule has 3 aromatic rings. The number of hydrogen-bond acceptors (Lipinski definition) is 5. The monoisotopic (exact) mass is 483 g/mol. The first kappa shape index (κ1) is 19.0. The third kappa shape index (κ3) is 3.22. The summed E-state index contributed by atoms with van der Waals surface area (Å²) in [6.07, 6.45) is 2.35. The Kier molecular flexibility index (Phi) is 4.67. The Morgan fingerprint density at radius 3 is 2.43 bits per heavy atom. The maximum atomic E-state index is 12.2. The van der Waals surface area contributed by atoms with Crippen molar-refractivity contribution in [2.45, 2.75) is 18.9 Å². The van der Waals surface area contributed by atoms with Gasteiger partial charge in [0.05, 0.1) is 0 Å². The number of nitrogens with one attached hydrogen (secondary N) is 1. The van der Waals surface area contributed by atoms with Crippen molar-refractivity contribution in [3.8, 4) is 0 Å². The van der Waals surface area contributed by atoms with E-state index in [0.717, 1.165) is 26.2 Å². The van der Waals surface area contributed by atoms with Gasteiger partial charge in [-0.3, -0.25) is 9.59 Å². The molecule has 1 atom stereocenters. The standard InChI is InChI=1S/C21H15BrClN5O2/c22-13-7-5-12(6-8-13)16-11-17(14-3-1-2-4-15(14)23)28-20(24-16)25-21(26-28)27-18(29)9-10-19(27)30/h1-8,11,17H,9-10H2,(H,24,25,26)/t17-/m0/s1. The lowest BCUT2D eigenvalue weighted by atomic mass is 10.0. The maximum absolute atomic E-state index is 12.2. The van der Waals surface area contributed by atoms with Crippen LogP contribution >= 0.6 is 27.5 Å². The van der Waals surface area contributed by atoms with Crippen molar-refractivity contribution in [2.24, 2.45) is 0 Å². The van der Waals surface area contributed by atoms with Gasteiger partial charge in [-0.15, -0.1) is 5.10 Å². The van der Waals surface area contributed by atoms with Gasteiger partial charge in [0.1, 0.15) is 6.04 Å². The Morgan fingerprint density at radius 2 is 1.73 bits per heavy atom. The number of benzene rings is 2. The largest absolute Gasteiger partial charge is 0.324 e. The van der Waals surface area contributed by atoms with E-state index in [1.807, 2.05) is 54.6 Å². The second kappa shape index (κ2) is 7.37. The van der Waals surface area contributed by atoms with Crippen LogP contribution in [0, 0.1) is 0 Å². The fourth-order valence-corrected chi connectivity index (χ4v) is 4.12. The van der Waals surface area contributed by atoms with Gasteiger partial charge in [0.25, 0.3) is 5.95 Å². The van der Waals surface area contributed by atoms with Crippen molar-refractivity contribution >= 4 is 56.9 Å². The molecule has 30 heavy (non-hydrogen) atoms. The quantitative estimate of drug-likeness (QED) is 0.557. The molecule has 3 heterocycles. The van der Waals surface area contributed by atoms with E-state index >= 15 is 0 Å². The third-order valence-corrected chi connectivity index (χ3v) is 5.96. The van der Waals surface area contributed by atoms with E-state index in [9.17, 15) is 9.59 Å².